The number of ether oxygens (including phenoxy) is 1. The first-order chi connectivity index (χ1) is 9.40. The van der Waals surface area contributed by atoms with Gasteiger partial charge in [0.25, 0.3) is 5.91 Å². The zero-order chi connectivity index (χ0) is 15.1. The van der Waals surface area contributed by atoms with Gasteiger partial charge in [0.05, 0.1) is 4.92 Å². The summed E-state index contributed by atoms with van der Waals surface area (Å²) in [7, 11) is 0. The quantitative estimate of drug-likeness (QED) is 0.573. The summed E-state index contributed by atoms with van der Waals surface area (Å²) < 4.78 is 18.3. The molecular formula is C12H16FN3O4. The van der Waals surface area contributed by atoms with Crippen molar-refractivity contribution in [3.8, 4) is 5.75 Å². The monoisotopic (exact) mass is 285 g/mol. The van der Waals surface area contributed by atoms with Crippen molar-refractivity contribution >= 4 is 11.6 Å². The lowest BCUT2D eigenvalue weighted by Gasteiger charge is -2.08. The molecule has 0 radical (unpaired) electrons. The number of nitrogens with one attached hydrogen (secondary N) is 1. The van der Waals surface area contributed by atoms with Crippen LogP contribution in [0.15, 0.2) is 18.2 Å². The third-order valence-electron chi connectivity index (χ3n) is 2.41. The van der Waals surface area contributed by atoms with Crippen LogP contribution in [0.4, 0.5) is 10.1 Å². The number of rotatable bonds is 7. The van der Waals surface area contributed by atoms with Crippen LogP contribution >= 0.6 is 0 Å². The molecule has 7 nitrogen and oxygen atoms in total. The second-order valence-corrected chi connectivity index (χ2v) is 4.27. The predicted octanol–water partition coefficient (Wildman–Crippen LogP) is 0.966. The Balaban J connectivity index is 2.44. The molecule has 20 heavy (non-hydrogen) atoms. The molecule has 0 aliphatic heterocycles. The van der Waals surface area contributed by atoms with Gasteiger partial charge in [-0.15, -0.1) is 0 Å². The number of benzene rings is 1. The lowest BCUT2D eigenvalue weighted by atomic mass is 10.2. The van der Waals surface area contributed by atoms with Crippen LogP contribution in [0.2, 0.25) is 0 Å². The molecule has 0 saturated carbocycles. The average molecular weight is 285 g/mol. The fourth-order valence-corrected chi connectivity index (χ4v) is 1.36. The van der Waals surface area contributed by atoms with E-state index in [-0.39, 0.29) is 24.3 Å². The molecule has 1 atom stereocenters. The Morgan fingerprint density at radius 2 is 2.30 bits per heavy atom. The summed E-state index contributed by atoms with van der Waals surface area (Å²) in [5.41, 5.74) is 4.88. The number of amides is 1. The molecule has 0 aliphatic rings. The summed E-state index contributed by atoms with van der Waals surface area (Å²) in [6, 6.07) is 3.07. The highest BCUT2D eigenvalue weighted by molar-refractivity contribution is 5.77. The van der Waals surface area contributed by atoms with Gasteiger partial charge in [0.2, 0.25) is 5.82 Å². The number of halogens is 1. The normalized spacial score (nSPS) is 11.8. The van der Waals surface area contributed by atoms with E-state index in [2.05, 4.69) is 5.32 Å². The lowest BCUT2D eigenvalue weighted by Crippen LogP contribution is -2.32. The molecule has 1 unspecified atom stereocenters. The minimum Gasteiger partial charge on any atom is -0.484 e. The average Bonchev–Trinajstić information content (AvgIpc) is 2.35. The maximum atomic E-state index is 13.3. The largest absolute Gasteiger partial charge is 0.484 e. The maximum Gasteiger partial charge on any atom is 0.305 e. The van der Waals surface area contributed by atoms with Crippen molar-refractivity contribution in [3.05, 3.63) is 34.1 Å². The van der Waals surface area contributed by atoms with Gasteiger partial charge in [-0.05, 0) is 19.4 Å². The Morgan fingerprint density at radius 1 is 1.60 bits per heavy atom. The second kappa shape index (κ2) is 7.39. The third kappa shape index (κ3) is 5.19. The molecular weight excluding hydrogens is 269 g/mol. The summed E-state index contributed by atoms with van der Waals surface area (Å²) in [4.78, 5) is 21.0. The van der Waals surface area contributed by atoms with Gasteiger partial charge < -0.3 is 15.8 Å². The lowest BCUT2D eigenvalue weighted by molar-refractivity contribution is -0.387. The summed E-state index contributed by atoms with van der Waals surface area (Å²) in [6.45, 7) is 1.95. The Morgan fingerprint density at radius 3 is 2.85 bits per heavy atom. The zero-order valence-electron chi connectivity index (χ0n) is 11.0. The van der Waals surface area contributed by atoms with E-state index < -0.39 is 16.4 Å². The fraction of sp³-hybridized carbons (Fsp3) is 0.417. The number of carbonyl (C=O) groups excluding carboxylic acids is 1. The molecule has 0 saturated heterocycles. The van der Waals surface area contributed by atoms with Crippen molar-refractivity contribution in [3.63, 3.8) is 0 Å². The van der Waals surface area contributed by atoms with Gasteiger partial charge >= 0.3 is 5.69 Å². The highest BCUT2D eigenvalue weighted by Crippen LogP contribution is 2.22. The predicted molar refractivity (Wildman–Crippen MR) is 69.8 cm³/mol. The summed E-state index contributed by atoms with van der Waals surface area (Å²) >= 11 is 0. The van der Waals surface area contributed by atoms with Crippen molar-refractivity contribution in [2.75, 3.05) is 13.2 Å². The number of nitrogens with zero attached hydrogens (tertiary/aromatic N) is 1. The van der Waals surface area contributed by atoms with Crippen LogP contribution < -0.4 is 15.8 Å². The van der Waals surface area contributed by atoms with Crippen molar-refractivity contribution in [1.29, 1.82) is 0 Å². The number of nitro groups is 1. The third-order valence-corrected chi connectivity index (χ3v) is 2.41. The molecule has 1 aromatic rings. The number of nitro benzene ring substituents is 1. The number of carbonyl (C=O) groups is 1. The fourth-order valence-electron chi connectivity index (χ4n) is 1.36. The molecule has 0 spiro atoms. The molecule has 110 valence electrons. The molecule has 8 heteroatoms. The van der Waals surface area contributed by atoms with Gasteiger partial charge in [-0.1, -0.05) is 0 Å². The van der Waals surface area contributed by atoms with Crippen LogP contribution in [0.25, 0.3) is 0 Å². The first-order valence-corrected chi connectivity index (χ1v) is 5.99. The minimum atomic E-state index is -1.01. The second-order valence-electron chi connectivity index (χ2n) is 4.27. The molecule has 3 N–H and O–H groups in total. The topological polar surface area (TPSA) is 107 Å². The van der Waals surface area contributed by atoms with Crippen LogP contribution in [0.1, 0.15) is 13.3 Å². The van der Waals surface area contributed by atoms with Crippen molar-refractivity contribution in [2.24, 2.45) is 5.73 Å². The molecule has 1 rings (SSSR count). The molecule has 0 heterocycles. The molecule has 0 fully saturated rings. The van der Waals surface area contributed by atoms with Crippen molar-refractivity contribution < 1.29 is 18.8 Å². The Kier molecular flexibility index (Phi) is 5.85. The molecule has 1 aromatic carbocycles. The number of nitrogens with two attached hydrogens (primary N) is 1. The van der Waals surface area contributed by atoms with E-state index in [4.69, 9.17) is 10.5 Å². The minimum absolute atomic E-state index is 0.0139. The maximum absolute atomic E-state index is 13.3. The van der Waals surface area contributed by atoms with E-state index in [1.165, 1.54) is 6.07 Å². The first kappa shape index (κ1) is 15.8. The van der Waals surface area contributed by atoms with Crippen LogP contribution in [0.3, 0.4) is 0 Å². The Bertz CT molecular complexity index is 494. The van der Waals surface area contributed by atoms with E-state index in [0.29, 0.717) is 13.0 Å². The molecule has 0 bridgehead atoms. The van der Waals surface area contributed by atoms with Crippen LogP contribution in [0.5, 0.6) is 5.75 Å². The standard InChI is InChI=1S/C12H16FN3O4/c1-8(14)4-5-15-12(17)7-20-9-2-3-11(16(18)19)10(13)6-9/h2-3,6,8H,4-5,7,14H2,1H3,(H,15,17). The van der Waals surface area contributed by atoms with E-state index in [9.17, 15) is 19.3 Å². The highest BCUT2D eigenvalue weighted by atomic mass is 19.1. The van der Waals surface area contributed by atoms with E-state index in [1.54, 1.807) is 0 Å². The zero-order valence-corrected chi connectivity index (χ0v) is 11.0. The summed E-state index contributed by atoms with van der Waals surface area (Å²) in [5, 5.41) is 13.0. The van der Waals surface area contributed by atoms with Gasteiger partial charge in [0.15, 0.2) is 6.61 Å². The van der Waals surface area contributed by atoms with Gasteiger partial charge in [0, 0.05) is 24.7 Å². The summed E-state index contributed by atoms with van der Waals surface area (Å²) in [5.74, 6) is -1.33. The van der Waals surface area contributed by atoms with Gasteiger partial charge in [-0.3, -0.25) is 14.9 Å². The van der Waals surface area contributed by atoms with Crippen molar-refractivity contribution in [2.45, 2.75) is 19.4 Å². The Labute approximate surface area is 115 Å². The van der Waals surface area contributed by atoms with Crippen LogP contribution in [-0.4, -0.2) is 30.0 Å². The molecule has 1 amide bonds. The van der Waals surface area contributed by atoms with Crippen molar-refractivity contribution in [1.82, 2.24) is 5.32 Å². The molecule has 0 aliphatic carbocycles. The highest BCUT2D eigenvalue weighted by Gasteiger charge is 2.14. The number of hydrogen-bond donors (Lipinski definition) is 2. The van der Waals surface area contributed by atoms with Gasteiger partial charge in [-0.2, -0.15) is 4.39 Å². The molecule has 0 aromatic heterocycles. The van der Waals surface area contributed by atoms with Crippen LogP contribution in [0, 0.1) is 15.9 Å². The first-order valence-electron chi connectivity index (χ1n) is 5.99. The smallest absolute Gasteiger partial charge is 0.305 e. The summed E-state index contributed by atoms with van der Waals surface area (Å²) in [6.07, 6.45) is 0.637. The Hall–Kier alpha value is -2.22. The van der Waals surface area contributed by atoms with E-state index in [0.717, 1.165) is 12.1 Å². The number of hydrogen-bond acceptors (Lipinski definition) is 5. The van der Waals surface area contributed by atoms with Crippen LogP contribution in [-0.2, 0) is 4.79 Å². The van der Waals surface area contributed by atoms with E-state index in [1.807, 2.05) is 6.92 Å². The van der Waals surface area contributed by atoms with Gasteiger partial charge in [-0.25, -0.2) is 0 Å². The van der Waals surface area contributed by atoms with E-state index >= 15 is 0 Å². The van der Waals surface area contributed by atoms with Gasteiger partial charge in [0.1, 0.15) is 5.75 Å². The SMILES string of the molecule is CC(N)CCNC(=O)COc1ccc([N+](=O)[O-])c(F)c1.